The zero-order chi connectivity index (χ0) is 14.0. The van der Waals surface area contributed by atoms with Crippen LogP contribution in [0.3, 0.4) is 0 Å². The van der Waals surface area contributed by atoms with Gasteiger partial charge in [0.2, 0.25) is 0 Å². The van der Waals surface area contributed by atoms with E-state index in [1.54, 1.807) is 7.11 Å². The van der Waals surface area contributed by atoms with E-state index in [1.165, 1.54) is 57.8 Å². The van der Waals surface area contributed by atoms with Crippen molar-refractivity contribution in [2.75, 3.05) is 26.8 Å². The van der Waals surface area contributed by atoms with Gasteiger partial charge in [0.1, 0.15) is 0 Å². The highest BCUT2D eigenvalue weighted by Crippen LogP contribution is 2.09. The van der Waals surface area contributed by atoms with Crippen LogP contribution in [0.4, 0.5) is 0 Å². The summed E-state index contributed by atoms with van der Waals surface area (Å²) in [6, 6.07) is 0. The second kappa shape index (κ2) is 17.7. The van der Waals surface area contributed by atoms with Crippen molar-refractivity contribution in [3.8, 4) is 0 Å². The van der Waals surface area contributed by atoms with E-state index in [2.05, 4.69) is 24.4 Å². The van der Waals surface area contributed by atoms with E-state index in [9.17, 15) is 0 Å². The lowest BCUT2D eigenvalue weighted by Crippen LogP contribution is -2.19. The number of nitrogens with one attached hydrogen (secondary N) is 1. The summed E-state index contributed by atoms with van der Waals surface area (Å²) >= 11 is 0. The first-order valence-corrected chi connectivity index (χ1v) is 8.26. The van der Waals surface area contributed by atoms with Crippen LogP contribution >= 0.6 is 0 Å². The van der Waals surface area contributed by atoms with Gasteiger partial charge in [0.05, 0.1) is 6.61 Å². The normalized spacial score (nSPS) is 11.5. The largest absolute Gasteiger partial charge is 0.383 e. The molecule has 0 saturated heterocycles. The van der Waals surface area contributed by atoms with Gasteiger partial charge in [0, 0.05) is 13.7 Å². The Morgan fingerprint density at radius 1 is 0.789 bits per heavy atom. The summed E-state index contributed by atoms with van der Waals surface area (Å²) in [5, 5.41) is 3.35. The zero-order valence-electron chi connectivity index (χ0n) is 13.3. The average Bonchev–Trinajstić information content (AvgIpc) is 2.43. The molecule has 0 aromatic rings. The molecule has 0 amide bonds. The second-order valence-electron chi connectivity index (χ2n) is 5.27. The second-order valence-corrected chi connectivity index (χ2v) is 5.27. The Labute approximate surface area is 121 Å². The lowest BCUT2D eigenvalue weighted by Gasteiger charge is -2.01. The van der Waals surface area contributed by atoms with E-state index in [0.29, 0.717) is 0 Å². The van der Waals surface area contributed by atoms with Gasteiger partial charge in [-0.2, -0.15) is 0 Å². The maximum Gasteiger partial charge on any atom is 0.0587 e. The molecule has 0 aromatic heterocycles. The molecule has 114 valence electrons. The molecule has 2 heteroatoms. The highest BCUT2D eigenvalue weighted by atomic mass is 16.5. The van der Waals surface area contributed by atoms with Crippen LogP contribution in [0.2, 0.25) is 0 Å². The van der Waals surface area contributed by atoms with Gasteiger partial charge in [-0.3, -0.25) is 0 Å². The van der Waals surface area contributed by atoms with Crippen molar-refractivity contribution in [2.24, 2.45) is 0 Å². The van der Waals surface area contributed by atoms with Crippen LogP contribution in [0, 0.1) is 0 Å². The molecule has 2 nitrogen and oxygen atoms in total. The molecule has 0 aliphatic rings. The summed E-state index contributed by atoms with van der Waals surface area (Å²) in [7, 11) is 1.74. The molecule has 0 spiro atoms. The molecule has 0 unspecified atom stereocenters. The highest BCUT2D eigenvalue weighted by Gasteiger charge is 1.90. The quantitative estimate of drug-likeness (QED) is 0.344. The van der Waals surface area contributed by atoms with E-state index >= 15 is 0 Å². The van der Waals surface area contributed by atoms with Crippen LogP contribution in [-0.2, 0) is 4.74 Å². The van der Waals surface area contributed by atoms with Crippen molar-refractivity contribution in [1.29, 1.82) is 0 Å². The molecule has 0 saturated carbocycles. The van der Waals surface area contributed by atoms with Crippen LogP contribution in [0.1, 0.15) is 71.1 Å². The summed E-state index contributed by atoms with van der Waals surface area (Å²) in [6.45, 7) is 5.11. The molecule has 0 radical (unpaired) electrons. The van der Waals surface area contributed by atoms with Crippen LogP contribution in [0.25, 0.3) is 0 Å². The summed E-state index contributed by atoms with van der Waals surface area (Å²) in [5.74, 6) is 0. The molecule has 0 fully saturated rings. The minimum absolute atomic E-state index is 0.808. The monoisotopic (exact) mass is 269 g/mol. The fraction of sp³-hybridized carbons (Fsp3) is 0.882. The summed E-state index contributed by atoms with van der Waals surface area (Å²) in [5.41, 5.74) is 0. The molecule has 0 aromatic carbocycles. The number of methoxy groups -OCH3 is 1. The fourth-order valence-corrected chi connectivity index (χ4v) is 2.12. The van der Waals surface area contributed by atoms with Crippen molar-refractivity contribution >= 4 is 0 Å². The van der Waals surface area contributed by atoms with E-state index in [-0.39, 0.29) is 0 Å². The zero-order valence-corrected chi connectivity index (χ0v) is 13.3. The smallest absolute Gasteiger partial charge is 0.0587 e. The van der Waals surface area contributed by atoms with Crippen LogP contribution in [0.5, 0.6) is 0 Å². The number of hydrogen-bond acceptors (Lipinski definition) is 2. The Hall–Kier alpha value is -0.340. The Morgan fingerprint density at radius 3 is 2.11 bits per heavy atom. The molecule has 0 atom stereocenters. The number of unbranched alkanes of at least 4 members (excludes halogenated alkanes) is 8. The van der Waals surface area contributed by atoms with Crippen molar-refractivity contribution in [3.05, 3.63) is 12.2 Å². The summed E-state index contributed by atoms with van der Waals surface area (Å²) < 4.78 is 4.97. The van der Waals surface area contributed by atoms with Gasteiger partial charge in [0.25, 0.3) is 0 Å². The van der Waals surface area contributed by atoms with Gasteiger partial charge in [0.15, 0.2) is 0 Å². The molecule has 0 rings (SSSR count). The van der Waals surface area contributed by atoms with E-state index < -0.39 is 0 Å². The summed E-state index contributed by atoms with van der Waals surface area (Å²) in [6.07, 6.45) is 18.3. The first-order chi connectivity index (χ1) is 9.41. The first kappa shape index (κ1) is 18.7. The molecule has 0 heterocycles. The van der Waals surface area contributed by atoms with E-state index in [0.717, 1.165) is 26.1 Å². The first-order valence-electron chi connectivity index (χ1n) is 8.26. The molecular weight excluding hydrogens is 234 g/mol. The lowest BCUT2D eigenvalue weighted by molar-refractivity contribution is 0.199. The summed E-state index contributed by atoms with van der Waals surface area (Å²) in [4.78, 5) is 0. The van der Waals surface area contributed by atoms with Crippen molar-refractivity contribution in [2.45, 2.75) is 71.1 Å². The Morgan fingerprint density at radius 2 is 1.42 bits per heavy atom. The number of hydrogen-bond donors (Lipinski definition) is 1. The predicted octanol–water partition coefficient (Wildman–Crippen LogP) is 4.70. The van der Waals surface area contributed by atoms with Crippen molar-refractivity contribution in [3.63, 3.8) is 0 Å². The molecular formula is C17H35NO. The molecule has 0 aliphatic carbocycles. The third-order valence-corrected chi connectivity index (χ3v) is 3.36. The number of ether oxygens (including phenoxy) is 1. The average molecular weight is 269 g/mol. The predicted molar refractivity (Wildman–Crippen MR) is 85.7 cm³/mol. The van der Waals surface area contributed by atoms with Crippen molar-refractivity contribution in [1.82, 2.24) is 5.32 Å². The minimum atomic E-state index is 0.808. The van der Waals surface area contributed by atoms with Gasteiger partial charge in [-0.15, -0.1) is 0 Å². The number of allylic oxidation sites excluding steroid dienone is 1. The standard InChI is InChI=1S/C17H35NO/c1-3-4-5-6-7-8-9-10-11-12-13-14-15-18-16-17-19-2/h12-13,18H,3-11,14-17H2,1-2H3. The molecule has 0 bridgehead atoms. The lowest BCUT2D eigenvalue weighted by atomic mass is 10.1. The molecule has 1 N–H and O–H groups in total. The number of rotatable bonds is 15. The highest BCUT2D eigenvalue weighted by molar-refractivity contribution is 4.82. The molecule has 0 aliphatic heterocycles. The van der Waals surface area contributed by atoms with Gasteiger partial charge in [-0.1, -0.05) is 64.0 Å². The SMILES string of the molecule is CCCCCCCCCCC=CCCNCCOC. The molecule has 19 heavy (non-hydrogen) atoms. The van der Waals surface area contributed by atoms with Crippen LogP contribution in [0.15, 0.2) is 12.2 Å². The van der Waals surface area contributed by atoms with E-state index in [1.807, 2.05) is 0 Å². The fourth-order valence-electron chi connectivity index (χ4n) is 2.12. The van der Waals surface area contributed by atoms with Crippen LogP contribution < -0.4 is 5.32 Å². The van der Waals surface area contributed by atoms with Crippen LogP contribution in [-0.4, -0.2) is 26.8 Å². The van der Waals surface area contributed by atoms with Crippen molar-refractivity contribution < 1.29 is 4.74 Å². The van der Waals surface area contributed by atoms with Gasteiger partial charge < -0.3 is 10.1 Å². The minimum Gasteiger partial charge on any atom is -0.383 e. The van der Waals surface area contributed by atoms with Gasteiger partial charge in [-0.05, 0) is 25.8 Å². The third kappa shape index (κ3) is 17.7. The Balaban J connectivity index is 3.00. The topological polar surface area (TPSA) is 21.3 Å². The van der Waals surface area contributed by atoms with E-state index in [4.69, 9.17) is 4.74 Å². The van der Waals surface area contributed by atoms with Gasteiger partial charge >= 0.3 is 0 Å². The maximum atomic E-state index is 4.97. The van der Waals surface area contributed by atoms with Gasteiger partial charge in [-0.25, -0.2) is 0 Å². The third-order valence-electron chi connectivity index (χ3n) is 3.36. The Bertz CT molecular complexity index is 180. The maximum absolute atomic E-state index is 4.97. The Kier molecular flexibility index (Phi) is 17.3.